The lowest BCUT2D eigenvalue weighted by molar-refractivity contribution is 0.0879. The number of rotatable bonds is 3. The van der Waals surface area contributed by atoms with Gasteiger partial charge < -0.3 is 5.32 Å². The van der Waals surface area contributed by atoms with Crippen molar-refractivity contribution in [3.8, 4) is 0 Å². The van der Waals surface area contributed by atoms with Gasteiger partial charge in [-0.25, -0.2) is 4.39 Å². The second-order valence-corrected chi connectivity index (χ2v) is 4.81. The van der Waals surface area contributed by atoms with Crippen LogP contribution in [0.1, 0.15) is 39.4 Å². The van der Waals surface area contributed by atoms with Gasteiger partial charge in [-0.2, -0.15) is 0 Å². The van der Waals surface area contributed by atoms with Crippen LogP contribution in [0.15, 0.2) is 36.5 Å². The molecule has 1 atom stereocenters. The third-order valence-electron chi connectivity index (χ3n) is 3.31. The van der Waals surface area contributed by atoms with Crippen LogP contribution in [0.5, 0.6) is 0 Å². The molecule has 5 nitrogen and oxygen atoms in total. The fourth-order valence-corrected chi connectivity index (χ4v) is 2.23. The van der Waals surface area contributed by atoms with Gasteiger partial charge in [0.05, 0.1) is 29.1 Å². The number of hydrogen-bond donors (Lipinski definition) is 2. The first-order chi connectivity index (χ1) is 10.0. The quantitative estimate of drug-likeness (QED) is 0.849. The van der Waals surface area contributed by atoms with Gasteiger partial charge in [-0.15, -0.1) is 0 Å². The van der Waals surface area contributed by atoms with E-state index in [9.17, 15) is 14.0 Å². The number of imide groups is 1. The van der Waals surface area contributed by atoms with E-state index in [-0.39, 0.29) is 11.9 Å². The Morgan fingerprint density at radius 2 is 1.90 bits per heavy atom. The zero-order chi connectivity index (χ0) is 15.0. The Labute approximate surface area is 120 Å². The van der Waals surface area contributed by atoms with E-state index in [1.165, 1.54) is 6.07 Å². The van der Waals surface area contributed by atoms with Crippen molar-refractivity contribution in [3.63, 3.8) is 0 Å². The van der Waals surface area contributed by atoms with Crippen LogP contribution in [0.2, 0.25) is 0 Å². The van der Waals surface area contributed by atoms with E-state index in [1.807, 2.05) is 6.92 Å². The second-order valence-electron chi connectivity index (χ2n) is 4.81. The average molecular weight is 285 g/mol. The highest BCUT2D eigenvalue weighted by molar-refractivity contribution is 6.21. The standard InChI is InChI=1S/C15H12FN3O2/c1-8(13-5-2-9(16)7-17-13)18-10-3-4-11-12(6-10)15(21)19-14(11)20/h2-8,18H,1H3,(H,19,20,21). The number of amides is 2. The largest absolute Gasteiger partial charge is 0.377 e. The molecular weight excluding hydrogens is 273 g/mol. The van der Waals surface area contributed by atoms with E-state index < -0.39 is 11.7 Å². The number of carbonyl (C=O) groups excluding carboxylic acids is 2. The number of aromatic nitrogens is 1. The molecule has 2 heterocycles. The Morgan fingerprint density at radius 3 is 2.62 bits per heavy atom. The van der Waals surface area contributed by atoms with Crippen LogP contribution in [-0.4, -0.2) is 16.8 Å². The topological polar surface area (TPSA) is 71.1 Å². The van der Waals surface area contributed by atoms with Crippen LogP contribution >= 0.6 is 0 Å². The van der Waals surface area contributed by atoms with Crippen LogP contribution in [0.4, 0.5) is 10.1 Å². The van der Waals surface area contributed by atoms with Crippen LogP contribution < -0.4 is 10.6 Å². The molecule has 3 rings (SSSR count). The molecule has 1 unspecified atom stereocenters. The molecule has 106 valence electrons. The molecule has 1 aromatic carbocycles. The first-order valence-corrected chi connectivity index (χ1v) is 6.42. The summed E-state index contributed by atoms with van der Waals surface area (Å²) in [6.07, 6.45) is 1.16. The van der Waals surface area contributed by atoms with Crippen LogP contribution in [0.25, 0.3) is 0 Å². The zero-order valence-corrected chi connectivity index (χ0v) is 11.2. The molecule has 2 amide bonds. The molecule has 0 bridgehead atoms. The fraction of sp³-hybridized carbons (Fsp3) is 0.133. The fourth-order valence-electron chi connectivity index (χ4n) is 2.23. The molecule has 2 aromatic rings. The van der Waals surface area contributed by atoms with Gasteiger partial charge in [0.2, 0.25) is 0 Å². The number of anilines is 1. The van der Waals surface area contributed by atoms with Crippen molar-refractivity contribution in [2.24, 2.45) is 0 Å². The van der Waals surface area contributed by atoms with Gasteiger partial charge in [0, 0.05) is 5.69 Å². The highest BCUT2D eigenvalue weighted by atomic mass is 19.1. The monoisotopic (exact) mass is 285 g/mol. The molecule has 0 aliphatic carbocycles. The molecule has 1 aromatic heterocycles. The van der Waals surface area contributed by atoms with E-state index in [0.717, 1.165) is 6.20 Å². The van der Waals surface area contributed by atoms with Gasteiger partial charge >= 0.3 is 0 Å². The molecule has 2 N–H and O–H groups in total. The van der Waals surface area contributed by atoms with Gasteiger partial charge in [0.25, 0.3) is 11.8 Å². The summed E-state index contributed by atoms with van der Waals surface area (Å²) in [6, 6.07) is 7.71. The maximum absolute atomic E-state index is 12.8. The summed E-state index contributed by atoms with van der Waals surface area (Å²) in [4.78, 5) is 27.1. The Bertz CT molecular complexity index is 728. The lowest BCUT2D eigenvalue weighted by Gasteiger charge is -2.15. The Hall–Kier alpha value is -2.76. The first kappa shape index (κ1) is 13.2. The molecular formula is C15H12FN3O2. The minimum absolute atomic E-state index is 0.163. The van der Waals surface area contributed by atoms with E-state index in [0.29, 0.717) is 22.5 Å². The van der Waals surface area contributed by atoms with Crippen molar-refractivity contribution in [2.75, 3.05) is 5.32 Å². The highest BCUT2D eigenvalue weighted by Gasteiger charge is 2.26. The number of nitrogens with zero attached hydrogens (tertiary/aromatic N) is 1. The summed E-state index contributed by atoms with van der Waals surface area (Å²) < 4.78 is 12.8. The number of fused-ring (bicyclic) bond motifs is 1. The van der Waals surface area contributed by atoms with Crippen molar-refractivity contribution in [3.05, 3.63) is 59.2 Å². The summed E-state index contributed by atoms with van der Waals surface area (Å²) in [6.45, 7) is 1.87. The summed E-state index contributed by atoms with van der Waals surface area (Å²) in [7, 11) is 0. The van der Waals surface area contributed by atoms with Crippen molar-refractivity contribution in [1.82, 2.24) is 10.3 Å². The van der Waals surface area contributed by atoms with Crippen LogP contribution in [0, 0.1) is 5.82 Å². The van der Waals surface area contributed by atoms with Gasteiger partial charge in [-0.05, 0) is 37.3 Å². The molecule has 0 spiro atoms. The normalized spacial score (nSPS) is 14.6. The Kier molecular flexibility index (Phi) is 3.13. The predicted molar refractivity (Wildman–Crippen MR) is 74.5 cm³/mol. The SMILES string of the molecule is CC(Nc1ccc2c(c1)C(=O)NC2=O)c1ccc(F)cn1. The first-order valence-electron chi connectivity index (χ1n) is 6.42. The van der Waals surface area contributed by atoms with Crippen molar-refractivity contribution in [2.45, 2.75) is 13.0 Å². The second kappa shape index (κ2) is 4.97. The molecule has 0 fully saturated rings. The summed E-state index contributed by atoms with van der Waals surface area (Å²) >= 11 is 0. The van der Waals surface area contributed by atoms with E-state index in [1.54, 1.807) is 24.3 Å². The smallest absolute Gasteiger partial charge is 0.259 e. The van der Waals surface area contributed by atoms with E-state index in [2.05, 4.69) is 15.6 Å². The van der Waals surface area contributed by atoms with Crippen LogP contribution in [0.3, 0.4) is 0 Å². The number of nitrogens with one attached hydrogen (secondary N) is 2. The minimum Gasteiger partial charge on any atom is -0.377 e. The maximum atomic E-state index is 12.8. The zero-order valence-electron chi connectivity index (χ0n) is 11.2. The number of halogens is 1. The molecule has 0 saturated carbocycles. The maximum Gasteiger partial charge on any atom is 0.259 e. The molecule has 0 radical (unpaired) electrons. The molecule has 1 aliphatic rings. The molecule has 1 aliphatic heterocycles. The van der Waals surface area contributed by atoms with E-state index >= 15 is 0 Å². The summed E-state index contributed by atoms with van der Waals surface area (Å²) in [5.41, 5.74) is 2.09. The summed E-state index contributed by atoms with van der Waals surface area (Å²) in [5, 5.41) is 5.41. The predicted octanol–water partition coefficient (Wildman–Crippen LogP) is 2.28. The number of benzene rings is 1. The van der Waals surface area contributed by atoms with Gasteiger partial charge in [-0.1, -0.05) is 0 Å². The summed E-state index contributed by atoms with van der Waals surface area (Å²) in [5.74, 6) is -1.17. The molecule has 6 heteroatoms. The lowest BCUT2D eigenvalue weighted by atomic mass is 10.1. The minimum atomic E-state index is -0.397. The van der Waals surface area contributed by atoms with Crippen molar-refractivity contribution >= 4 is 17.5 Å². The Balaban J connectivity index is 1.82. The third-order valence-corrected chi connectivity index (χ3v) is 3.31. The third kappa shape index (κ3) is 2.47. The molecule has 0 saturated heterocycles. The van der Waals surface area contributed by atoms with Gasteiger partial charge in [0.15, 0.2) is 0 Å². The number of hydrogen-bond acceptors (Lipinski definition) is 4. The Morgan fingerprint density at radius 1 is 1.14 bits per heavy atom. The van der Waals surface area contributed by atoms with Crippen LogP contribution in [-0.2, 0) is 0 Å². The number of carbonyl (C=O) groups is 2. The highest BCUT2D eigenvalue weighted by Crippen LogP contribution is 2.23. The van der Waals surface area contributed by atoms with Crippen molar-refractivity contribution < 1.29 is 14.0 Å². The van der Waals surface area contributed by atoms with E-state index in [4.69, 9.17) is 0 Å². The van der Waals surface area contributed by atoms with Crippen molar-refractivity contribution in [1.29, 1.82) is 0 Å². The lowest BCUT2D eigenvalue weighted by Crippen LogP contribution is -2.19. The average Bonchev–Trinajstić information content (AvgIpc) is 2.74. The number of pyridine rings is 1. The van der Waals surface area contributed by atoms with Gasteiger partial charge in [-0.3, -0.25) is 19.9 Å². The molecule has 21 heavy (non-hydrogen) atoms. The van der Waals surface area contributed by atoms with Gasteiger partial charge in [0.1, 0.15) is 5.82 Å².